The van der Waals surface area contributed by atoms with Gasteiger partial charge in [-0.3, -0.25) is 4.79 Å². The molecular formula is C43H37ClFN7O3. The number of benzene rings is 3. The largest absolute Gasteiger partial charge is 0.466 e. The molecule has 4 aromatic heterocycles. The van der Waals surface area contributed by atoms with Gasteiger partial charge in [0, 0.05) is 18.3 Å². The normalized spacial score (nSPS) is 19.4. The lowest BCUT2D eigenvalue weighted by Crippen LogP contribution is -2.52. The Labute approximate surface area is 321 Å². The summed E-state index contributed by atoms with van der Waals surface area (Å²) in [4.78, 5) is 32.8. The number of halogens is 2. The zero-order valence-electron chi connectivity index (χ0n) is 30.0. The van der Waals surface area contributed by atoms with Crippen LogP contribution in [0.15, 0.2) is 120 Å². The van der Waals surface area contributed by atoms with Crippen LogP contribution in [0.4, 0.5) is 10.2 Å². The van der Waals surface area contributed by atoms with E-state index in [0.29, 0.717) is 16.7 Å². The Morgan fingerprint density at radius 1 is 0.891 bits per heavy atom. The van der Waals surface area contributed by atoms with Gasteiger partial charge in [0.25, 0.3) is 0 Å². The van der Waals surface area contributed by atoms with E-state index in [0.717, 1.165) is 42.4 Å². The molecule has 3 fully saturated rings. The van der Waals surface area contributed by atoms with Crippen molar-refractivity contribution >= 4 is 34.6 Å². The standard InChI is InChI=1S/C43H37ClFN7O3/c1-2-54-42(53)34-26-18-20-27(21-19-26)36(34)49-40-35(45)38(32-22-23-47-55-32)50-39(51-40)31-25-52(41-37(31)48-33(44)24-46-41)43(28-12-6-3-7-13-28,29-14-8-4-9-15-29)30-16-10-5-11-17-30/h3-17,22-27,34,36H,2,18-21H2,1H3,(H,49,50,51)/t26?,27?,34-,36-/m1/s1. The summed E-state index contributed by atoms with van der Waals surface area (Å²) in [5.41, 5.74) is 3.24. The molecule has 3 aromatic carbocycles. The highest BCUT2D eigenvalue weighted by Crippen LogP contribution is 2.48. The van der Waals surface area contributed by atoms with Crippen LogP contribution in [0.1, 0.15) is 49.3 Å². The van der Waals surface area contributed by atoms with E-state index < -0.39 is 17.3 Å². The summed E-state index contributed by atoms with van der Waals surface area (Å²) in [7, 11) is 0. The van der Waals surface area contributed by atoms with Gasteiger partial charge >= 0.3 is 5.97 Å². The maximum Gasteiger partial charge on any atom is 0.311 e. The van der Waals surface area contributed by atoms with Gasteiger partial charge < -0.3 is 19.1 Å². The highest BCUT2D eigenvalue weighted by molar-refractivity contribution is 6.29. The summed E-state index contributed by atoms with van der Waals surface area (Å²) in [6, 6.07) is 31.7. The van der Waals surface area contributed by atoms with Crippen molar-refractivity contribution in [3.05, 3.63) is 143 Å². The first-order valence-corrected chi connectivity index (χ1v) is 19.0. The first-order chi connectivity index (χ1) is 27.0. The van der Waals surface area contributed by atoms with Crippen molar-refractivity contribution in [2.75, 3.05) is 11.9 Å². The van der Waals surface area contributed by atoms with E-state index >= 15 is 4.39 Å². The molecule has 276 valence electrons. The number of fused-ring (bicyclic) bond motifs is 4. The van der Waals surface area contributed by atoms with E-state index in [1.54, 1.807) is 13.0 Å². The van der Waals surface area contributed by atoms with Crippen molar-refractivity contribution in [3.8, 4) is 22.8 Å². The zero-order chi connectivity index (χ0) is 37.5. The van der Waals surface area contributed by atoms with E-state index in [2.05, 4.69) is 51.4 Å². The molecule has 10 rings (SSSR count). The SMILES string of the molecule is CCOC(=O)[C@@H]1C2CCC(CC2)[C@H]1Nc1nc(-c2cn(C(c3ccccc3)(c3ccccc3)c3ccccc3)c3ncc(Cl)nc23)nc(-c2ccno2)c1F. The van der Waals surface area contributed by atoms with Crippen molar-refractivity contribution in [2.24, 2.45) is 17.8 Å². The Morgan fingerprint density at radius 2 is 1.51 bits per heavy atom. The van der Waals surface area contributed by atoms with Gasteiger partial charge in [-0.05, 0) is 61.1 Å². The number of aromatic nitrogens is 6. The second-order valence-electron chi connectivity index (χ2n) is 14.1. The molecule has 2 bridgehead atoms. The van der Waals surface area contributed by atoms with Gasteiger partial charge in [0.1, 0.15) is 16.2 Å². The van der Waals surface area contributed by atoms with Crippen LogP contribution < -0.4 is 5.32 Å². The molecule has 0 amide bonds. The lowest BCUT2D eigenvalue weighted by Gasteiger charge is -2.47. The monoisotopic (exact) mass is 753 g/mol. The fourth-order valence-corrected chi connectivity index (χ4v) is 9.03. The number of ether oxygens (including phenoxy) is 1. The van der Waals surface area contributed by atoms with Crippen LogP contribution in [-0.2, 0) is 15.1 Å². The summed E-state index contributed by atoms with van der Waals surface area (Å²) in [5.74, 6) is -0.925. The van der Waals surface area contributed by atoms with Gasteiger partial charge in [-0.1, -0.05) is 108 Å². The molecule has 4 heterocycles. The van der Waals surface area contributed by atoms with Crippen LogP contribution in [0.2, 0.25) is 5.15 Å². The molecule has 3 aliphatic carbocycles. The second kappa shape index (κ2) is 14.4. The maximum atomic E-state index is 16.8. The summed E-state index contributed by atoms with van der Waals surface area (Å²) in [6.45, 7) is 2.07. The molecule has 0 saturated heterocycles. The third kappa shape index (κ3) is 5.94. The molecule has 0 unspecified atom stereocenters. The number of nitrogens with one attached hydrogen (secondary N) is 1. The molecule has 10 nitrogen and oxygen atoms in total. The molecule has 2 atom stereocenters. The predicted octanol–water partition coefficient (Wildman–Crippen LogP) is 8.96. The molecule has 0 spiro atoms. The van der Waals surface area contributed by atoms with Gasteiger partial charge in [-0.25, -0.2) is 24.3 Å². The first-order valence-electron chi connectivity index (χ1n) is 18.6. The van der Waals surface area contributed by atoms with Gasteiger partial charge in [-0.2, -0.15) is 0 Å². The highest BCUT2D eigenvalue weighted by atomic mass is 35.5. The van der Waals surface area contributed by atoms with E-state index in [9.17, 15) is 4.79 Å². The van der Waals surface area contributed by atoms with E-state index in [-0.39, 0.29) is 58.7 Å². The fraction of sp³-hybridized carbons (Fsp3) is 0.256. The average molecular weight is 754 g/mol. The number of carbonyl (C=O) groups is 1. The maximum absolute atomic E-state index is 16.8. The van der Waals surface area contributed by atoms with Gasteiger partial charge in [0.05, 0.1) is 30.5 Å². The smallest absolute Gasteiger partial charge is 0.311 e. The Balaban J connectivity index is 1.29. The number of hydrogen-bond acceptors (Lipinski definition) is 9. The lowest BCUT2D eigenvalue weighted by molar-refractivity contribution is -0.154. The molecular weight excluding hydrogens is 717 g/mol. The van der Waals surface area contributed by atoms with Gasteiger partial charge in [0.15, 0.2) is 34.6 Å². The molecule has 55 heavy (non-hydrogen) atoms. The number of anilines is 1. The van der Waals surface area contributed by atoms with Crippen LogP contribution >= 0.6 is 11.6 Å². The molecule has 12 heteroatoms. The molecule has 7 aromatic rings. The van der Waals surface area contributed by atoms with Crippen molar-refractivity contribution in [2.45, 2.75) is 44.2 Å². The minimum Gasteiger partial charge on any atom is -0.466 e. The molecule has 0 aliphatic heterocycles. The van der Waals surface area contributed by atoms with E-state index in [4.69, 9.17) is 40.8 Å². The van der Waals surface area contributed by atoms with Crippen LogP contribution in [0.5, 0.6) is 0 Å². The highest BCUT2D eigenvalue weighted by Gasteiger charge is 2.48. The molecule has 1 N–H and O–H groups in total. The Hall–Kier alpha value is -5.94. The number of esters is 1. The summed E-state index contributed by atoms with van der Waals surface area (Å²) < 4.78 is 29.9. The summed E-state index contributed by atoms with van der Waals surface area (Å²) in [6.07, 6.45) is 8.58. The molecule has 3 saturated carbocycles. The van der Waals surface area contributed by atoms with Crippen molar-refractivity contribution < 1.29 is 18.4 Å². The summed E-state index contributed by atoms with van der Waals surface area (Å²) >= 11 is 6.59. The van der Waals surface area contributed by atoms with Crippen molar-refractivity contribution in [3.63, 3.8) is 0 Å². The van der Waals surface area contributed by atoms with Crippen molar-refractivity contribution in [1.29, 1.82) is 0 Å². The van der Waals surface area contributed by atoms with Crippen LogP contribution in [0.3, 0.4) is 0 Å². The third-order valence-electron chi connectivity index (χ3n) is 11.2. The first kappa shape index (κ1) is 34.8. The molecule has 0 radical (unpaired) electrons. The van der Waals surface area contributed by atoms with Crippen LogP contribution in [0.25, 0.3) is 34.0 Å². The topological polar surface area (TPSA) is 121 Å². The average Bonchev–Trinajstić information content (AvgIpc) is 3.90. The number of hydrogen-bond donors (Lipinski definition) is 1. The Bertz CT molecular complexity index is 2360. The Morgan fingerprint density at radius 3 is 2.09 bits per heavy atom. The summed E-state index contributed by atoms with van der Waals surface area (Å²) in [5, 5.41) is 7.41. The fourth-order valence-electron chi connectivity index (χ4n) is 8.90. The number of rotatable bonds is 10. The predicted molar refractivity (Wildman–Crippen MR) is 207 cm³/mol. The van der Waals surface area contributed by atoms with Crippen LogP contribution in [0, 0.1) is 23.6 Å². The minimum absolute atomic E-state index is 0.0559. The number of carbonyl (C=O) groups excluding carboxylic acids is 1. The van der Waals surface area contributed by atoms with Crippen LogP contribution in [-0.4, -0.2) is 48.3 Å². The van der Waals surface area contributed by atoms with Crippen molar-refractivity contribution in [1.82, 2.24) is 29.7 Å². The quantitative estimate of drug-likeness (QED) is 0.108. The van der Waals surface area contributed by atoms with E-state index in [1.807, 2.05) is 60.8 Å². The van der Waals surface area contributed by atoms with E-state index in [1.165, 1.54) is 12.4 Å². The molecule has 3 aliphatic rings. The second-order valence-corrected chi connectivity index (χ2v) is 14.5. The third-order valence-corrected chi connectivity index (χ3v) is 11.4. The zero-order valence-corrected chi connectivity index (χ0v) is 30.7. The number of nitrogens with zero attached hydrogens (tertiary/aromatic N) is 6. The Kier molecular flexibility index (Phi) is 9.09. The minimum atomic E-state index is -0.966. The van der Waals surface area contributed by atoms with Gasteiger partial charge in [0.2, 0.25) is 0 Å². The van der Waals surface area contributed by atoms with Gasteiger partial charge in [-0.15, -0.1) is 0 Å². The lowest BCUT2D eigenvalue weighted by atomic mass is 9.61.